The Hall–Kier alpha value is -4.07. The Bertz CT molecular complexity index is 1370. The second-order valence-electron chi connectivity index (χ2n) is 7.28. The first-order valence-electron chi connectivity index (χ1n) is 9.72. The van der Waals surface area contributed by atoms with Gasteiger partial charge in [0.15, 0.2) is 5.75 Å². The largest absolute Gasteiger partial charge is 0.462 e. The highest BCUT2D eigenvalue weighted by molar-refractivity contribution is 6.18. The van der Waals surface area contributed by atoms with E-state index in [-0.39, 0.29) is 35.0 Å². The molecule has 2 aliphatic rings. The second-order valence-corrected chi connectivity index (χ2v) is 7.28. The van der Waals surface area contributed by atoms with E-state index in [4.69, 9.17) is 19.6 Å². The average molecular weight is 418 g/mol. The minimum Gasteiger partial charge on any atom is -0.462 e. The van der Waals surface area contributed by atoms with Gasteiger partial charge in [-0.25, -0.2) is 9.59 Å². The minimum atomic E-state index is -1.85. The molecule has 0 radical (unpaired) electrons. The maximum atomic E-state index is 13.8. The van der Waals surface area contributed by atoms with Gasteiger partial charge < -0.3 is 24.5 Å². The number of amides is 1. The van der Waals surface area contributed by atoms with Gasteiger partial charge in [0.1, 0.15) is 22.1 Å². The van der Waals surface area contributed by atoms with E-state index in [0.29, 0.717) is 16.6 Å². The number of para-hydroxylation sites is 2. The molecular weight excluding hydrogens is 400 g/mol. The predicted octanol–water partition coefficient (Wildman–Crippen LogP) is 2.18. The number of rotatable bonds is 2. The van der Waals surface area contributed by atoms with E-state index in [0.717, 1.165) is 0 Å². The van der Waals surface area contributed by atoms with Gasteiger partial charge in [-0.2, -0.15) is 0 Å². The quantitative estimate of drug-likeness (QED) is 0.501. The first-order chi connectivity index (χ1) is 14.9. The number of carbonyl (C=O) groups is 2. The molecule has 1 atom stereocenters. The summed E-state index contributed by atoms with van der Waals surface area (Å²) >= 11 is 0. The van der Waals surface area contributed by atoms with E-state index < -0.39 is 22.9 Å². The van der Waals surface area contributed by atoms with Crippen LogP contribution in [0.1, 0.15) is 18.1 Å². The Morgan fingerprint density at radius 3 is 2.61 bits per heavy atom. The minimum absolute atomic E-state index is 0.0521. The molecule has 2 N–H and O–H groups in total. The van der Waals surface area contributed by atoms with E-state index in [1.165, 1.54) is 4.90 Å². The number of nitrogens with zero attached hydrogens (tertiary/aromatic N) is 1. The SMILES string of the molecule is CCOC(=O)C1=C(N)Oc2c(c(=O)oc3ccccc23)[C@@]12C(=O)N(C)c1ccccc12. The number of fused-ring (bicyclic) bond motifs is 6. The molecule has 8 nitrogen and oxygen atoms in total. The van der Waals surface area contributed by atoms with Gasteiger partial charge in [-0.15, -0.1) is 0 Å². The third-order valence-corrected chi connectivity index (χ3v) is 5.75. The van der Waals surface area contributed by atoms with Crippen LogP contribution in [0, 0.1) is 0 Å². The van der Waals surface area contributed by atoms with Crippen LogP contribution in [0.2, 0.25) is 0 Å². The van der Waals surface area contributed by atoms with Crippen molar-refractivity contribution in [1.82, 2.24) is 0 Å². The number of hydrogen-bond donors (Lipinski definition) is 1. The van der Waals surface area contributed by atoms with E-state index in [2.05, 4.69) is 0 Å². The molecule has 1 aromatic heterocycles. The molecule has 8 heteroatoms. The van der Waals surface area contributed by atoms with Crippen molar-refractivity contribution in [3.8, 4) is 5.75 Å². The van der Waals surface area contributed by atoms with Crippen LogP contribution in [0.3, 0.4) is 0 Å². The fourth-order valence-corrected chi connectivity index (χ4v) is 4.52. The maximum absolute atomic E-state index is 13.8. The number of esters is 1. The molecule has 156 valence electrons. The molecule has 5 rings (SSSR count). The lowest BCUT2D eigenvalue weighted by molar-refractivity contribution is -0.140. The summed E-state index contributed by atoms with van der Waals surface area (Å²) in [6, 6.07) is 13.7. The molecule has 2 aromatic carbocycles. The third-order valence-electron chi connectivity index (χ3n) is 5.75. The lowest BCUT2D eigenvalue weighted by atomic mass is 9.68. The van der Waals surface area contributed by atoms with Crippen LogP contribution in [-0.2, 0) is 19.7 Å². The van der Waals surface area contributed by atoms with Crippen LogP contribution >= 0.6 is 0 Å². The molecule has 3 aromatic rings. The van der Waals surface area contributed by atoms with Crippen molar-refractivity contribution >= 4 is 28.5 Å². The van der Waals surface area contributed by atoms with Gasteiger partial charge in [0, 0.05) is 18.3 Å². The number of ether oxygens (including phenoxy) is 2. The van der Waals surface area contributed by atoms with Gasteiger partial charge >= 0.3 is 11.6 Å². The highest BCUT2D eigenvalue weighted by atomic mass is 16.5. The van der Waals surface area contributed by atoms with Gasteiger partial charge in [0.2, 0.25) is 11.8 Å². The lowest BCUT2D eigenvalue weighted by Crippen LogP contribution is -2.50. The molecule has 1 spiro atoms. The van der Waals surface area contributed by atoms with Crippen LogP contribution in [-0.4, -0.2) is 25.5 Å². The lowest BCUT2D eigenvalue weighted by Gasteiger charge is -2.34. The van der Waals surface area contributed by atoms with Crippen LogP contribution < -0.4 is 21.0 Å². The Morgan fingerprint density at radius 2 is 1.84 bits per heavy atom. The fourth-order valence-electron chi connectivity index (χ4n) is 4.52. The first-order valence-corrected chi connectivity index (χ1v) is 9.72. The zero-order valence-corrected chi connectivity index (χ0v) is 16.8. The van der Waals surface area contributed by atoms with Crippen molar-refractivity contribution in [3.05, 3.63) is 81.5 Å². The summed E-state index contributed by atoms with van der Waals surface area (Å²) in [6.07, 6.45) is 0. The average Bonchev–Trinajstić information content (AvgIpc) is 2.97. The number of anilines is 1. The zero-order valence-electron chi connectivity index (χ0n) is 16.8. The van der Waals surface area contributed by atoms with Crippen molar-refractivity contribution in [2.75, 3.05) is 18.6 Å². The molecule has 0 saturated carbocycles. The van der Waals surface area contributed by atoms with Crippen molar-refractivity contribution in [3.63, 3.8) is 0 Å². The Morgan fingerprint density at radius 1 is 1.13 bits per heavy atom. The number of benzene rings is 2. The van der Waals surface area contributed by atoms with Crippen LogP contribution in [0.25, 0.3) is 11.0 Å². The van der Waals surface area contributed by atoms with Crippen molar-refractivity contribution in [1.29, 1.82) is 0 Å². The Balaban J connectivity index is 1.99. The predicted molar refractivity (Wildman–Crippen MR) is 112 cm³/mol. The first kappa shape index (κ1) is 18.9. The monoisotopic (exact) mass is 418 g/mol. The molecule has 0 bridgehead atoms. The summed E-state index contributed by atoms with van der Waals surface area (Å²) in [5, 5.41) is 0.460. The fraction of sp³-hybridized carbons (Fsp3) is 0.174. The zero-order chi connectivity index (χ0) is 21.9. The summed E-state index contributed by atoms with van der Waals surface area (Å²) in [6.45, 7) is 1.69. The second kappa shape index (κ2) is 6.46. The summed E-state index contributed by atoms with van der Waals surface area (Å²) in [5.74, 6) is -1.56. The molecule has 0 aliphatic carbocycles. The summed E-state index contributed by atoms with van der Waals surface area (Å²) in [7, 11) is 1.58. The van der Waals surface area contributed by atoms with Gasteiger partial charge in [0.25, 0.3) is 0 Å². The van der Waals surface area contributed by atoms with Crippen LogP contribution in [0.15, 0.2) is 69.2 Å². The number of carbonyl (C=O) groups excluding carboxylic acids is 2. The molecule has 31 heavy (non-hydrogen) atoms. The van der Waals surface area contributed by atoms with Gasteiger partial charge in [-0.05, 0) is 25.1 Å². The number of likely N-dealkylation sites (N-methyl/N-ethyl adjacent to an activating group) is 1. The van der Waals surface area contributed by atoms with Crippen LogP contribution in [0.4, 0.5) is 5.69 Å². The summed E-state index contributed by atoms with van der Waals surface area (Å²) in [4.78, 5) is 41.6. The smallest absolute Gasteiger partial charge is 0.345 e. The molecular formula is C23H18N2O6. The van der Waals surface area contributed by atoms with Gasteiger partial charge in [0.05, 0.1) is 12.0 Å². The van der Waals surface area contributed by atoms with Gasteiger partial charge in [-0.3, -0.25) is 4.79 Å². The van der Waals surface area contributed by atoms with E-state index in [1.807, 2.05) is 0 Å². The van der Waals surface area contributed by atoms with E-state index in [9.17, 15) is 14.4 Å². The maximum Gasteiger partial charge on any atom is 0.345 e. The highest BCUT2D eigenvalue weighted by Gasteiger charge is 2.62. The Kier molecular flexibility index (Phi) is 3.95. The summed E-state index contributed by atoms with van der Waals surface area (Å²) < 4.78 is 16.6. The normalized spacial score (nSPS) is 19.4. The topological polar surface area (TPSA) is 112 Å². The van der Waals surface area contributed by atoms with Crippen molar-refractivity contribution in [2.45, 2.75) is 12.3 Å². The third kappa shape index (κ3) is 2.27. The molecule has 0 fully saturated rings. The number of hydrogen-bond acceptors (Lipinski definition) is 7. The van der Waals surface area contributed by atoms with Crippen molar-refractivity contribution in [2.24, 2.45) is 5.73 Å². The highest BCUT2D eigenvalue weighted by Crippen LogP contribution is 2.55. The molecule has 0 unspecified atom stereocenters. The van der Waals surface area contributed by atoms with Crippen molar-refractivity contribution < 1.29 is 23.5 Å². The molecule has 3 heterocycles. The summed E-state index contributed by atoms with van der Waals surface area (Å²) in [5.41, 5.74) is 4.53. The Labute approximate surface area is 176 Å². The van der Waals surface area contributed by atoms with E-state index >= 15 is 0 Å². The molecule has 0 saturated heterocycles. The van der Waals surface area contributed by atoms with Gasteiger partial charge in [-0.1, -0.05) is 30.3 Å². The molecule has 2 aliphatic heterocycles. The molecule has 1 amide bonds. The number of nitrogens with two attached hydrogens (primary N) is 1. The standard InChI is InChI=1S/C23H18N2O6/c1-3-29-20(26)17-19(24)31-18-12-8-4-7-11-15(12)30-21(27)16(18)23(17)13-9-5-6-10-14(13)25(2)22(23)28/h4-11H,3,24H2,1-2H3/t23-/m1/s1. The van der Waals surface area contributed by atoms with Crippen LogP contribution in [0.5, 0.6) is 5.75 Å². The van der Waals surface area contributed by atoms with E-state index in [1.54, 1.807) is 62.5 Å².